The van der Waals surface area contributed by atoms with Crippen molar-refractivity contribution in [3.05, 3.63) is 0 Å². The molecule has 0 saturated carbocycles. The first-order chi connectivity index (χ1) is 45.6. The second-order valence-electron chi connectivity index (χ2n) is 29.3. The number of ether oxygens (including phenoxy) is 4. The molecule has 95 heavy (non-hydrogen) atoms. The molecule has 0 aromatic carbocycles. The molecule has 0 spiro atoms. The number of carbonyl (C=O) groups excluding carboxylic acids is 4. The Morgan fingerprint density at radius 1 is 0.263 bits per heavy atom. The maximum Gasteiger partial charge on any atom is 0.472 e. The summed E-state index contributed by atoms with van der Waals surface area (Å²) < 4.78 is 68.4. The summed E-state index contributed by atoms with van der Waals surface area (Å²) >= 11 is 0. The average molecular weight is 1400 g/mol. The van der Waals surface area contributed by atoms with Gasteiger partial charge in [-0.15, -0.1) is 0 Å². The van der Waals surface area contributed by atoms with Crippen molar-refractivity contribution < 1.29 is 80.2 Å². The van der Waals surface area contributed by atoms with Gasteiger partial charge in [0.15, 0.2) is 12.2 Å². The maximum atomic E-state index is 13.0. The third-order valence-corrected chi connectivity index (χ3v) is 19.5. The molecule has 3 unspecified atom stereocenters. The van der Waals surface area contributed by atoms with Gasteiger partial charge in [-0.25, -0.2) is 9.13 Å². The third-order valence-electron chi connectivity index (χ3n) is 17.6. The lowest BCUT2D eigenvalue weighted by atomic mass is 10.0. The molecule has 0 aliphatic carbocycles. The number of hydrogen-bond donors (Lipinski definition) is 3. The van der Waals surface area contributed by atoms with Gasteiger partial charge in [0.2, 0.25) is 0 Å². The van der Waals surface area contributed by atoms with Crippen LogP contribution in [-0.2, 0) is 65.4 Å². The largest absolute Gasteiger partial charge is 0.472 e. The first-order valence-corrected chi connectivity index (χ1v) is 42.2. The Labute approximate surface area is 581 Å². The number of hydrogen-bond acceptors (Lipinski definition) is 15. The van der Waals surface area contributed by atoms with Gasteiger partial charge in [-0.2, -0.15) is 0 Å². The lowest BCUT2D eigenvalue weighted by molar-refractivity contribution is -0.161. The summed E-state index contributed by atoms with van der Waals surface area (Å²) in [7, 11) is -9.91. The smallest absolute Gasteiger partial charge is 0.462 e. The zero-order valence-corrected chi connectivity index (χ0v) is 64.1. The van der Waals surface area contributed by atoms with E-state index in [0.29, 0.717) is 37.5 Å². The van der Waals surface area contributed by atoms with Crippen molar-refractivity contribution in [2.24, 2.45) is 23.7 Å². The molecule has 0 amide bonds. The summed E-state index contributed by atoms with van der Waals surface area (Å²) in [6.45, 7) is 14.1. The zero-order chi connectivity index (χ0) is 70.3. The van der Waals surface area contributed by atoms with Gasteiger partial charge in [-0.1, -0.05) is 331 Å². The van der Waals surface area contributed by atoms with Gasteiger partial charge >= 0.3 is 39.5 Å². The van der Waals surface area contributed by atoms with Crippen LogP contribution >= 0.6 is 15.6 Å². The summed E-state index contributed by atoms with van der Waals surface area (Å²) in [6.07, 6.45) is 50.4. The molecule has 0 aromatic heterocycles. The van der Waals surface area contributed by atoms with Crippen LogP contribution in [0.25, 0.3) is 0 Å². The SMILES string of the molecule is CC(C)CCCCCCCCCCCCCCCCCCC(=O)O[C@H](COC(=O)CCCCCCCCC(C)C)COP(=O)(O)OCC(O)COP(=O)(O)OC[C@@H](COC(=O)CCCCCCCCCCCCCCCCCC(C)C)OC(=O)CCCCCCCCC(C)C. The second kappa shape index (κ2) is 65.4. The van der Waals surface area contributed by atoms with Crippen molar-refractivity contribution in [2.45, 2.75) is 401 Å². The van der Waals surface area contributed by atoms with Gasteiger partial charge in [0.25, 0.3) is 0 Å². The van der Waals surface area contributed by atoms with Gasteiger partial charge in [0, 0.05) is 25.7 Å². The normalized spacial score (nSPS) is 14.1. The van der Waals surface area contributed by atoms with Crippen LogP contribution in [0.2, 0.25) is 0 Å². The molecular formula is C76H148O17P2. The van der Waals surface area contributed by atoms with Crippen LogP contribution < -0.4 is 0 Å². The maximum absolute atomic E-state index is 13.0. The van der Waals surface area contributed by atoms with Crippen LogP contribution in [0.15, 0.2) is 0 Å². The Morgan fingerprint density at radius 3 is 0.653 bits per heavy atom. The van der Waals surface area contributed by atoms with E-state index in [4.69, 9.17) is 37.0 Å². The molecule has 0 radical (unpaired) electrons. The molecule has 5 atom stereocenters. The minimum atomic E-state index is -4.95. The number of aliphatic hydroxyl groups excluding tert-OH is 1. The fraction of sp³-hybridized carbons (Fsp3) is 0.947. The standard InChI is InChI=1S/C76H148O17P2/c1-66(2)52-44-36-28-24-20-16-12-9-10-14-19-23-27-31-42-50-58-75(80)92-71(63-87-74(79)57-49-41-34-32-38-46-54-68(5)6)64-90-94(82,83)88-60-70(77)61-89-95(84,85)91-65-72(93-76(81)59-51-43-35-33-39-47-55-69(7)8)62-86-73(78)56-48-40-30-26-22-18-15-11-13-17-21-25-29-37-45-53-67(3)4/h66-72,77H,9-65H2,1-8H3,(H,82,83)(H,84,85)/t70?,71-,72-/m1/s1. The van der Waals surface area contributed by atoms with Crippen LogP contribution in [0.1, 0.15) is 383 Å². The molecule has 0 rings (SSSR count). The van der Waals surface area contributed by atoms with Gasteiger partial charge in [-0.3, -0.25) is 37.3 Å². The van der Waals surface area contributed by atoms with E-state index in [-0.39, 0.29) is 25.7 Å². The highest BCUT2D eigenvalue weighted by Gasteiger charge is 2.30. The monoisotopic (exact) mass is 1400 g/mol. The van der Waals surface area contributed by atoms with Gasteiger partial charge in [0.1, 0.15) is 19.3 Å². The highest BCUT2D eigenvalue weighted by Crippen LogP contribution is 2.45. The molecule has 0 saturated heterocycles. The molecule has 19 heteroatoms. The fourth-order valence-electron chi connectivity index (χ4n) is 11.6. The summed E-state index contributed by atoms with van der Waals surface area (Å²) in [6, 6.07) is 0. The molecule has 0 aliphatic heterocycles. The van der Waals surface area contributed by atoms with Crippen molar-refractivity contribution in [3.63, 3.8) is 0 Å². The van der Waals surface area contributed by atoms with Gasteiger partial charge < -0.3 is 33.8 Å². The number of unbranched alkanes of at least 4 members (excludes halogenated alkanes) is 39. The van der Waals surface area contributed by atoms with Crippen molar-refractivity contribution >= 4 is 39.5 Å². The number of phosphoric acid groups is 2. The zero-order valence-electron chi connectivity index (χ0n) is 62.3. The van der Waals surface area contributed by atoms with E-state index in [0.717, 1.165) is 108 Å². The Morgan fingerprint density at radius 2 is 0.442 bits per heavy atom. The van der Waals surface area contributed by atoms with Crippen LogP contribution in [0.4, 0.5) is 0 Å². The van der Waals surface area contributed by atoms with E-state index in [1.807, 2.05) is 0 Å². The van der Waals surface area contributed by atoms with Crippen molar-refractivity contribution in [2.75, 3.05) is 39.6 Å². The first kappa shape index (κ1) is 93.1. The second-order valence-corrected chi connectivity index (χ2v) is 32.2. The Bertz CT molecular complexity index is 1870. The molecule has 0 fully saturated rings. The van der Waals surface area contributed by atoms with E-state index in [9.17, 15) is 43.2 Å². The highest BCUT2D eigenvalue weighted by molar-refractivity contribution is 7.47. The Hall–Kier alpha value is -1.94. The first-order valence-electron chi connectivity index (χ1n) is 39.2. The predicted octanol–water partition coefficient (Wildman–Crippen LogP) is 22.0. The van der Waals surface area contributed by atoms with E-state index >= 15 is 0 Å². The van der Waals surface area contributed by atoms with Crippen molar-refractivity contribution in [1.29, 1.82) is 0 Å². The van der Waals surface area contributed by atoms with E-state index in [1.165, 1.54) is 180 Å². The Kier molecular flexibility index (Phi) is 64.0. The number of rotatable bonds is 73. The third kappa shape index (κ3) is 70.3. The van der Waals surface area contributed by atoms with Gasteiger partial charge in [-0.05, 0) is 49.4 Å². The van der Waals surface area contributed by atoms with Crippen LogP contribution in [0.5, 0.6) is 0 Å². The highest BCUT2D eigenvalue weighted by atomic mass is 31.2. The summed E-state index contributed by atoms with van der Waals surface area (Å²) in [5.41, 5.74) is 0. The predicted molar refractivity (Wildman–Crippen MR) is 386 cm³/mol. The number of aliphatic hydroxyl groups is 1. The number of esters is 4. The molecule has 0 bridgehead atoms. The van der Waals surface area contributed by atoms with E-state index in [1.54, 1.807) is 0 Å². The van der Waals surface area contributed by atoms with Crippen molar-refractivity contribution in [3.8, 4) is 0 Å². The summed E-state index contributed by atoms with van der Waals surface area (Å²) in [5.74, 6) is 0.836. The molecule has 564 valence electrons. The molecule has 3 N–H and O–H groups in total. The minimum Gasteiger partial charge on any atom is -0.462 e. The molecule has 17 nitrogen and oxygen atoms in total. The fourth-order valence-corrected chi connectivity index (χ4v) is 13.1. The van der Waals surface area contributed by atoms with E-state index < -0.39 is 97.5 Å². The van der Waals surface area contributed by atoms with E-state index in [2.05, 4.69) is 55.4 Å². The Balaban J connectivity index is 5.13. The lowest BCUT2D eigenvalue weighted by Gasteiger charge is -2.21. The summed E-state index contributed by atoms with van der Waals surface area (Å²) in [5, 5.41) is 10.6. The number of phosphoric ester groups is 2. The molecule has 0 heterocycles. The lowest BCUT2D eigenvalue weighted by Crippen LogP contribution is -2.30. The minimum absolute atomic E-state index is 0.102. The topological polar surface area (TPSA) is 237 Å². The van der Waals surface area contributed by atoms with Gasteiger partial charge in [0.05, 0.1) is 26.4 Å². The average Bonchev–Trinajstić information content (AvgIpc) is 1.50. The molecular weight excluding hydrogens is 1250 g/mol. The quantitative estimate of drug-likeness (QED) is 0.0222. The van der Waals surface area contributed by atoms with Crippen LogP contribution in [-0.4, -0.2) is 96.7 Å². The molecule has 0 aliphatic rings. The summed E-state index contributed by atoms with van der Waals surface area (Å²) in [4.78, 5) is 72.7. The van der Waals surface area contributed by atoms with Crippen LogP contribution in [0, 0.1) is 23.7 Å². The molecule has 0 aromatic rings. The number of carbonyl (C=O) groups is 4. The van der Waals surface area contributed by atoms with Crippen LogP contribution in [0.3, 0.4) is 0 Å². The van der Waals surface area contributed by atoms with Crippen molar-refractivity contribution in [1.82, 2.24) is 0 Å².